The third-order valence-corrected chi connectivity index (χ3v) is 5.28. The first-order valence-corrected chi connectivity index (χ1v) is 11.1. The highest BCUT2D eigenvalue weighted by molar-refractivity contribution is 5.88. The monoisotopic (exact) mass is 443 g/mol. The van der Waals surface area contributed by atoms with Gasteiger partial charge in [0, 0.05) is 6.54 Å². The summed E-state index contributed by atoms with van der Waals surface area (Å²) in [5.74, 6) is 0. The molecule has 0 aromatic rings. The van der Waals surface area contributed by atoms with Crippen molar-refractivity contribution in [3.8, 4) is 0 Å². The van der Waals surface area contributed by atoms with E-state index < -0.39 is 41.2 Å². The highest BCUT2D eigenvalue weighted by Gasteiger charge is 2.42. The van der Waals surface area contributed by atoms with Gasteiger partial charge >= 0.3 is 18.3 Å². The van der Waals surface area contributed by atoms with Crippen LogP contribution in [0.4, 0.5) is 14.4 Å². The van der Waals surface area contributed by atoms with Crippen LogP contribution in [-0.2, 0) is 14.2 Å². The Morgan fingerprint density at radius 3 is 1.94 bits per heavy atom. The topological polar surface area (TPSA) is 97.4 Å². The molecule has 1 aliphatic heterocycles. The van der Waals surface area contributed by atoms with Crippen LogP contribution in [0.3, 0.4) is 0 Å². The van der Waals surface area contributed by atoms with Crippen LogP contribution in [0.25, 0.3) is 0 Å². The molecule has 0 radical (unpaired) electrons. The van der Waals surface area contributed by atoms with Crippen molar-refractivity contribution in [1.82, 2.24) is 15.1 Å². The predicted molar refractivity (Wildman–Crippen MR) is 118 cm³/mol. The molecule has 1 unspecified atom stereocenters. The van der Waals surface area contributed by atoms with Gasteiger partial charge in [0.25, 0.3) is 0 Å². The Labute approximate surface area is 186 Å². The van der Waals surface area contributed by atoms with Gasteiger partial charge in [-0.1, -0.05) is 13.8 Å². The Hall–Kier alpha value is -2.03. The van der Waals surface area contributed by atoms with Gasteiger partial charge in [0.1, 0.15) is 23.0 Å². The molecule has 180 valence electrons. The average Bonchev–Trinajstić information content (AvgIpc) is 3.05. The zero-order valence-corrected chi connectivity index (χ0v) is 20.7. The Morgan fingerprint density at radius 2 is 1.42 bits per heavy atom. The zero-order chi connectivity index (χ0) is 24.0. The highest BCUT2D eigenvalue weighted by Crippen LogP contribution is 2.26. The van der Waals surface area contributed by atoms with Crippen molar-refractivity contribution < 1.29 is 28.6 Å². The van der Waals surface area contributed by atoms with Crippen LogP contribution in [0, 0.1) is 0 Å². The molecule has 0 saturated carbocycles. The van der Waals surface area contributed by atoms with Gasteiger partial charge in [0.15, 0.2) is 0 Å². The Kier molecular flexibility index (Phi) is 9.17. The zero-order valence-electron chi connectivity index (χ0n) is 20.7. The molecule has 1 heterocycles. The van der Waals surface area contributed by atoms with E-state index >= 15 is 0 Å². The van der Waals surface area contributed by atoms with Gasteiger partial charge in [-0.25, -0.2) is 14.4 Å². The van der Waals surface area contributed by atoms with E-state index in [0.717, 1.165) is 11.3 Å². The van der Waals surface area contributed by atoms with Gasteiger partial charge in [-0.3, -0.25) is 4.90 Å². The molecular weight excluding hydrogens is 402 g/mol. The molecule has 9 nitrogen and oxygen atoms in total. The van der Waals surface area contributed by atoms with E-state index in [1.165, 1.54) is 0 Å². The van der Waals surface area contributed by atoms with Gasteiger partial charge in [-0.15, -0.1) is 0 Å². The van der Waals surface area contributed by atoms with Crippen molar-refractivity contribution in [1.29, 1.82) is 0 Å². The van der Waals surface area contributed by atoms with E-state index in [4.69, 9.17) is 14.2 Å². The molecule has 3 amide bonds. The van der Waals surface area contributed by atoms with Crippen LogP contribution in [0.15, 0.2) is 0 Å². The maximum atomic E-state index is 13.0. The van der Waals surface area contributed by atoms with Gasteiger partial charge in [-0.05, 0) is 74.1 Å². The minimum absolute atomic E-state index is 0.132. The predicted octanol–water partition coefficient (Wildman–Crippen LogP) is 4.84. The lowest BCUT2D eigenvalue weighted by atomic mass is 10.1. The summed E-state index contributed by atoms with van der Waals surface area (Å²) in [6, 6.07) is 0. The molecule has 0 aromatic heterocycles. The van der Waals surface area contributed by atoms with E-state index in [1.807, 2.05) is 32.6 Å². The van der Waals surface area contributed by atoms with Gasteiger partial charge in [0.05, 0.1) is 6.67 Å². The highest BCUT2D eigenvalue weighted by atomic mass is 16.6. The smallest absolute Gasteiger partial charge is 0.421 e. The molecule has 1 rings (SSSR count). The van der Waals surface area contributed by atoms with Crippen LogP contribution < -0.4 is 5.32 Å². The summed E-state index contributed by atoms with van der Waals surface area (Å²) in [4.78, 5) is 41.0. The first-order chi connectivity index (χ1) is 14.1. The van der Waals surface area contributed by atoms with Crippen LogP contribution in [0.5, 0.6) is 0 Å². The minimum Gasteiger partial charge on any atom is -0.444 e. The number of nitrogens with one attached hydrogen (secondary N) is 1. The molecule has 9 heteroatoms. The molecule has 0 bridgehead atoms. The number of hydrogen-bond acceptors (Lipinski definition) is 7. The number of likely N-dealkylation sites (tertiary alicyclic amines) is 1. The van der Waals surface area contributed by atoms with E-state index in [1.54, 1.807) is 34.6 Å². The summed E-state index contributed by atoms with van der Waals surface area (Å²) >= 11 is 0. The fourth-order valence-electron chi connectivity index (χ4n) is 2.80. The Morgan fingerprint density at radius 1 is 0.903 bits per heavy atom. The third kappa shape index (κ3) is 8.93. The molecular formula is C22H41N3O6. The fraction of sp³-hybridized carbons (Fsp3) is 0.864. The summed E-state index contributed by atoms with van der Waals surface area (Å²) in [5.41, 5.74) is -2.08. The summed E-state index contributed by atoms with van der Waals surface area (Å²) in [7, 11) is 0. The summed E-state index contributed by atoms with van der Waals surface area (Å²) in [6.45, 7) is 17.0. The van der Waals surface area contributed by atoms with Crippen LogP contribution in [0.2, 0.25) is 0 Å². The second-order valence-corrected chi connectivity index (χ2v) is 10.1. The first-order valence-electron chi connectivity index (χ1n) is 11.1. The molecule has 1 atom stereocenters. The molecule has 1 N–H and O–H groups in total. The molecule has 0 aliphatic carbocycles. The molecule has 31 heavy (non-hydrogen) atoms. The standard InChI is InChI=1S/C22H41N3O6/c1-10-21(6,7)29-17(26)23-15-24-14-12-13-16(24)25(18(27)30-20(3,4)5)19(28)31-22(8,9)11-2/h16H,10-15H2,1-9H3,(H,23,26). The summed E-state index contributed by atoms with van der Waals surface area (Å²) < 4.78 is 16.5. The van der Waals surface area contributed by atoms with Crippen LogP contribution in [-0.4, -0.2) is 64.3 Å². The summed E-state index contributed by atoms with van der Waals surface area (Å²) in [6.07, 6.45) is -0.0770. The quantitative estimate of drug-likeness (QED) is 0.562. The SMILES string of the molecule is CCC(C)(C)OC(=O)NCN1CCCC1N(C(=O)OC(C)(C)C)C(=O)OC(C)(C)CC. The maximum absolute atomic E-state index is 13.0. The van der Waals surface area contributed by atoms with E-state index in [9.17, 15) is 14.4 Å². The third-order valence-electron chi connectivity index (χ3n) is 5.28. The van der Waals surface area contributed by atoms with Crippen molar-refractivity contribution in [3.63, 3.8) is 0 Å². The van der Waals surface area contributed by atoms with Crippen LogP contribution >= 0.6 is 0 Å². The molecule has 1 fully saturated rings. The lowest BCUT2D eigenvalue weighted by Gasteiger charge is -2.36. The number of rotatable bonds is 7. The van der Waals surface area contributed by atoms with Crippen molar-refractivity contribution in [3.05, 3.63) is 0 Å². The van der Waals surface area contributed by atoms with Crippen molar-refractivity contribution >= 4 is 18.3 Å². The largest absolute Gasteiger partial charge is 0.444 e. The van der Waals surface area contributed by atoms with E-state index in [0.29, 0.717) is 25.8 Å². The van der Waals surface area contributed by atoms with Gasteiger partial charge in [0.2, 0.25) is 0 Å². The second-order valence-electron chi connectivity index (χ2n) is 10.1. The number of carbonyl (C=O) groups excluding carboxylic acids is 3. The molecule has 0 spiro atoms. The lowest BCUT2D eigenvalue weighted by Crippen LogP contribution is -2.55. The molecule has 0 aromatic carbocycles. The summed E-state index contributed by atoms with van der Waals surface area (Å²) in [5, 5.41) is 2.72. The number of imide groups is 1. The number of nitrogens with zero attached hydrogens (tertiary/aromatic N) is 2. The molecule has 1 saturated heterocycles. The molecule has 1 aliphatic rings. The number of carbonyl (C=O) groups is 3. The van der Waals surface area contributed by atoms with Crippen molar-refractivity contribution in [2.45, 2.75) is 111 Å². The average molecular weight is 444 g/mol. The number of ether oxygens (including phenoxy) is 3. The second kappa shape index (κ2) is 10.5. The number of amides is 3. The Balaban J connectivity index is 2.98. The maximum Gasteiger partial charge on any atom is 0.421 e. The van der Waals surface area contributed by atoms with E-state index in [2.05, 4.69) is 5.32 Å². The lowest BCUT2D eigenvalue weighted by molar-refractivity contribution is -0.0294. The van der Waals surface area contributed by atoms with Crippen LogP contribution in [0.1, 0.15) is 88.0 Å². The van der Waals surface area contributed by atoms with Gasteiger partial charge < -0.3 is 19.5 Å². The van der Waals surface area contributed by atoms with E-state index in [-0.39, 0.29) is 6.67 Å². The van der Waals surface area contributed by atoms with Gasteiger partial charge in [-0.2, -0.15) is 4.90 Å². The Bertz CT molecular complexity index is 642. The van der Waals surface area contributed by atoms with Crippen molar-refractivity contribution in [2.24, 2.45) is 0 Å². The first kappa shape index (κ1) is 27.0. The van der Waals surface area contributed by atoms with Crippen molar-refractivity contribution in [2.75, 3.05) is 13.2 Å². The number of hydrogen-bond donors (Lipinski definition) is 1. The normalized spacial score (nSPS) is 17.8. The number of alkyl carbamates (subject to hydrolysis) is 1. The fourth-order valence-corrected chi connectivity index (χ4v) is 2.80. The minimum atomic E-state index is -0.771.